The monoisotopic (exact) mass is 561 g/mol. The highest BCUT2D eigenvalue weighted by atomic mass is 32.2. The lowest BCUT2D eigenvalue weighted by Crippen LogP contribution is -2.35. The first-order valence-electron chi connectivity index (χ1n) is 11.6. The van der Waals surface area contributed by atoms with Gasteiger partial charge in [-0.3, -0.25) is 9.78 Å². The predicted molar refractivity (Wildman–Crippen MR) is 127 cm³/mol. The molecule has 8 nitrogen and oxygen atoms in total. The van der Waals surface area contributed by atoms with Crippen LogP contribution in [0.15, 0.2) is 41.4 Å². The molecule has 1 saturated heterocycles. The molecule has 4 rings (SSSR count). The van der Waals surface area contributed by atoms with Gasteiger partial charge in [0.1, 0.15) is 0 Å². The first-order chi connectivity index (χ1) is 17.2. The summed E-state index contributed by atoms with van der Waals surface area (Å²) in [6, 6.07) is 6.08. The first-order valence-corrected chi connectivity index (χ1v) is 15.0. The molecule has 2 fully saturated rings. The average Bonchev–Trinajstić information content (AvgIpc) is 3.24. The zero-order chi connectivity index (χ0) is 27.2. The molecular formula is C24H26F3NO7S2. The van der Waals surface area contributed by atoms with Gasteiger partial charge in [0.2, 0.25) is 0 Å². The van der Waals surface area contributed by atoms with Crippen molar-refractivity contribution in [3.63, 3.8) is 0 Å². The zero-order valence-corrected chi connectivity index (χ0v) is 21.4. The molecule has 1 aromatic heterocycles. The molecule has 0 amide bonds. The second-order valence-corrected chi connectivity index (χ2v) is 14.0. The van der Waals surface area contributed by atoms with E-state index in [1.807, 2.05) is 0 Å². The summed E-state index contributed by atoms with van der Waals surface area (Å²) in [7, 11) is -7.79. The van der Waals surface area contributed by atoms with Crippen molar-refractivity contribution in [2.45, 2.75) is 61.1 Å². The maximum Gasteiger partial charge on any atom is 0.417 e. The minimum Gasteiger partial charge on any atom is -0.481 e. The Kier molecular flexibility index (Phi) is 7.43. The van der Waals surface area contributed by atoms with Gasteiger partial charge in [0.25, 0.3) is 0 Å². The summed E-state index contributed by atoms with van der Waals surface area (Å²) in [5.41, 5.74) is -0.139. The third kappa shape index (κ3) is 5.99. The number of hydrogen-bond donors (Lipinski definition) is 1. The Bertz CT molecular complexity index is 1390. The summed E-state index contributed by atoms with van der Waals surface area (Å²) in [6.07, 6.45) is -5.57. The maximum atomic E-state index is 14.0. The van der Waals surface area contributed by atoms with E-state index in [9.17, 15) is 39.9 Å². The fraction of sp³-hybridized carbons (Fsp3) is 0.500. The molecule has 1 aromatic carbocycles. The summed E-state index contributed by atoms with van der Waals surface area (Å²) in [5, 5.41) is 8.26. The van der Waals surface area contributed by atoms with E-state index in [1.165, 1.54) is 18.3 Å². The molecule has 2 aliphatic rings. The second kappa shape index (κ2) is 9.99. The van der Waals surface area contributed by atoms with Gasteiger partial charge >= 0.3 is 12.1 Å². The van der Waals surface area contributed by atoms with E-state index in [1.54, 1.807) is 13.0 Å². The standard InChI is InChI=1S/C24H26F3NO7S2/c1-14-10-16(4-7-28-14)15-2-3-22(20(11-15)24(25,26)27)37(33,34)18-12-19(23(29)30)21(13-18)35-17-5-8-36(31,32)9-6-17/h2-4,7,10-11,17-19,21H,5-6,8-9,12-13H2,1H3,(H,29,30)/t18-,19-,21-/m0/s1. The van der Waals surface area contributed by atoms with Gasteiger partial charge in [0, 0.05) is 11.9 Å². The van der Waals surface area contributed by atoms with Crippen LogP contribution in [0.2, 0.25) is 0 Å². The topological polar surface area (TPSA) is 128 Å². The van der Waals surface area contributed by atoms with E-state index in [2.05, 4.69) is 4.98 Å². The maximum absolute atomic E-state index is 14.0. The molecule has 0 unspecified atom stereocenters. The van der Waals surface area contributed by atoms with Gasteiger partial charge in [-0.25, -0.2) is 16.8 Å². The molecule has 1 aliphatic carbocycles. The minimum atomic E-state index is -4.98. The average molecular weight is 562 g/mol. The highest BCUT2D eigenvalue weighted by Gasteiger charge is 2.48. The van der Waals surface area contributed by atoms with Crippen molar-refractivity contribution in [2.75, 3.05) is 11.5 Å². The summed E-state index contributed by atoms with van der Waals surface area (Å²) < 4.78 is 98.2. The lowest BCUT2D eigenvalue weighted by Gasteiger charge is -2.27. The van der Waals surface area contributed by atoms with Crippen LogP contribution in [0.5, 0.6) is 0 Å². The molecule has 202 valence electrons. The number of aryl methyl sites for hydroxylation is 1. The van der Waals surface area contributed by atoms with Crippen LogP contribution >= 0.6 is 0 Å². The van der Waals surface area contributed by atoms with E-state index >= 15 is 0 Å². The van der Waals surface area contributed by atoms with Crippen molar-refractivity contribution in [1.29, 1.82) is 0 Å². The third-order valence-electron chi connectivity index (χ3n) is 6.91. The van der Waals surface area contributed by atoms with Gasteiger partial charge < -0.3 is 9.84 Å². The molecule has 37 heavy (non-hydrogen) atoms. The van der Waals surface area contributed by atoms with Crippen LogP contribution in [0.25, 0.3) is 11.1 Å². The van der Waals surface area contributed by atoms with Crippen LogP contribution in [-0.4, -0.2) is 61.9 Å². The number of aromatic nitrogens is 1. The molecule has 2 heterocycles. The molecule has 13 heteroatoms. The molecular weight excluding hydrogens is 535 g/mol. The Morgan fingerprint density at radius 1 is 1.08 bits per heavy atom. The lowest BCUT2D eigenvalue weighted by molar-refractivity contribution is -0.148. The van der Waals surface area contributed by atoms with Gasteiger partial charge in [0.15, 0.2) is 19.7 Å². The van der Waals surface area contributed by atoms with E-state index in [0.717, 1.165) is 12.1 Å². The van der Waals surface area contributed by atoms with Crippen LogP contribution in [-0.2, 0) is 35.4 Å². The largest absolute Gasteiger partial charge is 0.481 e. The molecule has 1 saturated carbocycles. The fourth-order valence-electron chi connectivity index (χ4n) is 4.95. The normalized spacial score (nSPS) is 24.7. The Balaban J connectivity index is 1.64. The molecule has 1 aliphatic heterocycles. The number of nitrogens with zero attached hydrogens (tertiary/aromatic N) is 1. The number of aliphatic carboxylic acids is 1. The van der Waals surface area contributed by atoms with Crippen molar-refractivity contribution in [3.8, 4) is 11.1 Å². The van der Waals surface area contributed by atoms with Crippen LogP contribution in [0.4, 0.5) is 13.2 Å². The van der Waals surface area contributed by atoms with E-state index in [0.29, 0.717) is 11.3 Å². The van der Waals surface area contributed by atoms with Gasteiger partial charge in [0.05, 0.1) is 45.3 Å². The molecule has 2 aromatic rings. The molecule has 0 radical (unpaired) electrons. The molecule has 1 N–H and O–H groups in total. The van der Waals surface area contributed by atoms with Crippen LogP contribution in [0.1, 0.15) is 36.9 Å². The van der Waals surface area contributed by atoms with Gasteiger partial charge in [-0.05, 0) is 68.0 Å². The predicted octanol–water partition coefficient (Wildman–Crippen LogP) is 3.68. The number of sulfone groups is 2. The Morgan fingerprint density at radius 3 is 2.32 bits per heavy atom. The Hall–Kier alpha value is -2.51. The van der Waals surface area contributed by atoms with Crippen molar-refractivity contribution < 1.29 is 44.6 Å². The summed E-state index contributed by atoms with van der Waals surface area (Å²) in [6.45, 7) is 1.68. The minimum absolute atomic E-state index is 0.123. The third-order valence-corrected chi connectivity index (χ3v) is 10.9. The van der Waals surface area contributed by atoms with Gasteiger partial charge in [-0.15, -0.1) is 0 Å². The fourth-order valence-corrected chi connectivity index (χ4v) is 8.40. The highest BCUT2D eigenvalue weighted by molar-refractivity contribution is 7.92. The SMILES string of the molecule is Cc1cc(-c2ccc(S(=O)(=O)[C@@H]3C[C@H](OC4CCS(=O)(=O)CC4)[C@@H](C(=O)O)C3)c(C(F)(F)F)c2)ccn1. The number of ether oxygens (including phenoxy) is 1. The molecule has 0 bridgehead atoms. The summed E-state index contributed by atoms with van der Waals surface area (Å²) >= 11 is 0. The number of pyridine rings is 1. The smallest absolute Gasteiger partial charge is 0.417 e. The number of carboxylic acid groups (broad SMARTS) is 1. The van der Waals surface area contributed by atoms with Crippen LogP contribution in [0.3, 0.4) is 0 Å². The molecule has 0 spiro atoms. The number of halogens is 3. The van der Waals surface area contributed by atoms with Crippen molar-refractivity contribution in [3.05, 3.63) is 47.8 Å². The number of hydrogen-bond acceptors (Lipinski definition) is 7. The highest BCUT2D eigenvalue weighted by Crippen LogP contribution is 2.42. The molecule has 3 atom stereocenters. The number of alkyl halides is 3. The number of carbonyl (C=O) groups is 1. The number of carboxylic acids is 1. The van der Waals surface area contributed by atoms with E-state index < -0.39 is 72.1 Å². The number of benzene rings is 1. The summed E-state index contributed by atoms with van der Waals surface area (Å²) in [4.78, 5) is 15.0. The van der Waals surface area contributed by atoms with E-state index in [-0.39, 0.29) is 36.3 Å². The Morgan fingerprint density at radius 2 is 1.73 bits per heavy atom. The van der Waals surface area contributed by atoms with Crippen LogP contribution < -0.4 is 0 Å². The number of rotatable bonds is 6. The Labute approximate surface area is 212 Å². The van der Waals surface area contributed by atoms with Gasteiger partial charge in [-0.1, -0.05) is 6.07 Å². The second-order valence-electron chi connectivity index (χ2n) is 9.50. The van der Waals surface area contributed by atoms with Crippen molar-refractivity contribution >= 4 is 25.6 Å². The zero-order valence-electron chi connectivity index (χ0n) is 19.8. The lowest BCUT2D eigenvalue weighted by atomic mass is 10.0. The van der Waals surface area contributed by atoms with Gasteiger partial charge in [-0.2, -0.15) is 13.2 Å². The quantitative estimate of drug-likeness (QED) is 0.566. The van der Waals surface area contributed by atoms with E-state index in [4.69, 9.17) is 4.74 Å². The summed E-state index contributed by atoms with van der Waals surface area (Å²) in [5.74, 6) is -2.80. The van der Waals surface area contributed by atoms with Crippen molar-refractivity contribution in [1.82, 2.24) is 4.98 Å². The first kappa shape index (κ1) is 27.5. The van der Waals surface area contributed by atoms with Crippen molar-refractivity contribution in [2.24, 2.45) is 5.92 Å². The van der Waals surface area contributed by atoms with Crippen LogP contribution in [0, 0.1) is 12.8 Å².